The molecule has 0 saturated carbocycles. The highest BCUT2D eigenvalue weighted by atomic mass is 35.5. The highest BCUT2D eigenvalue weighted by Crippen LogP contribution is 2.41. The van der Waals surface area contributed by atoms with Crippen LogP contribution in [0, 0.1) is 0 Å². The average molecular weight is 509 g/mol. The van der Waals surface area contributed by atoms with Gasteiger partial charge in [0.05, 0.1) is 17.4 Å². The normalized spacial score (nSPS) is 23.0. The number of allylic oxidation sites excluding steroid dienone is 2. The minimum atomic E-state index is -1.33. The molecule has 1 amide bonds. The molecule has 1 aliphatic carbocycles. The van der Waals surface area contributed by atoms with E-state index in [4.69, 9.17) is 22.3 Å². The predicted octanol–water partition coefficient (Wildman–Crippen LogP) is 3.93. The van der Waals surface area contributed by atoms with Crippen molar-refractivity contribution in [3.05, 3.63) is 88.0 Å². The molecule has 182 valence electrons. The lowest BCUT2D eigenvalue weighted by Gasteiger charge is -2.47. The molecule has 3 unspecified atom stereocenters. The SMILES string of the molecule is CNC1(N2C(=O)C(C(=O)C(N)CS)N=C(c3ccccc3)c3cc(Cl)ccc32)CC(C)=CC=C1C. The van der Waals surface area contributed by atoms with E-state index >= 15 is 0 Å². The van der Waals surface area contributed by atoms with Crippen LogP contribution in [0.4, 0.5) is 5.69 Å². The summed E-state index contributed by atoms with van der Waals surface area (Å²) in [6.45, 7) is 3.99. The van der Waals surface area contributed by atoms with Crippen LogP contribution in [0.5, 0.6) is 0 Å². The fourth-order valence-electron chi connectivity index (χ4n) is 4.75. The van der Waals surface area contributed by atoms with Gasteiger partial charge in [0.25, 0.3) is 5.91 Å². The zero-order valence-electron chi connectivity index (χ0n) is 20.0. The summed E-state index contributed by atoms with van der Waals surface area (Å²) in [6.07, 6.45) is 4.58. The summed E-state index contributed by atoms with van der Waals surface area (Å²) in [4.78, 5) is 34.2. The number of anilines is 1. The summed E-state index contributed by atoms with van der Waals surface area (Å²) in [7, 11) is 1.82. The molecule has 0 fully saturated rings. The summed E-state index contributed by atoms with van der Waals surface area (Å²) in [5.74, 6) is -0.813. The Morgan fingerprint density at radius 2 is 1.97 bits per heavy atom. The van der Waals surface area contributed by atoms with Gasteiger partial charge in [-0.1, -0.05) is 59.7 Å². The standard InChI is InChI=1S/C27H29ClN4O2S/c1-16-9-10-17(2)27(14-16,30-3)32-22-12-11-19(28)13-20(22)23(18-7-5-4-6-8-18)31-24(26(32)34)25(33)21(29)15-35/h4-13,21,24,30,35H,14-15,29H2,1-3H3. The van der Waals surface area contributed by atoms with E-state index in [-0.39, 0.29) is 5.75 Å². The Morgan fingerprint density at radius 1 is 1.26 bits per heavy atom. The topological polar surface area (TPSA) is 87.8 Å². The number of halogens is 1. The number of carbonyl (C=O) groups is 2. The van der Waals surface area contributed by atoms with Gasteiger partial charge in [0, 0.05) is 28.3 Å². The van der Waals surface area contributed by atoms with Gasteiger partial charge in [0.1, 0.15) is 5.66 Å². The van der Waals surface area contributed by atoms with Crippen molar-refractivity contribution in [2.75, 3.05) is 17.7 Å². The van der Waals surface area contributed by atoms with Crippen LogP contribution >= 0.6 is 24.2 Å². The van der Waals surface area contributed by atoms with Crippen LogP contribution in [0.3, 0.4) is 0 Å². The Labute approximate surface area is 216 Å². The quantitative estimate of drug-likeness (QED) is 0.407. The number of ketones is 1. The van der Waals surface area contributed by atoms with Gasteiger partial charge in [0.2, 0.25) is 0 Å². The smallest absolute Gasteiger partial charge is 0.261 e. The van der Waals surface area contributed by atoms with Crippen LogP contribution in [0.2, 0.25) is 5.02 Å². The number of aliphatic imine (C=N–C) groups is 1. The second-order valence-corrected chi connectivity index (χ2v) is 9.72. The molecule has 2 aromatic rings. The van der Waals surface area contributed by atoms with Crippen LogP contribution < -0.4 is 16.0 Å². The second kappa shape index (κ2) is 10.1. The number of likely N-dealkylation sites (N-methyl/N-ethyl adjacent to an activating group) is 1. The van der Waals surface area contributed by atoms with Crippen molar-refractivity contribution in [3.8, 4) is 0 Å². The van der Waals surface area contributed by atoms with E-state index in [1.54, 1.807) is 17.0 Å². The number of carbonyl (C=O) groups excluding carboxylic acids is 2. The minimum absolute atomic E-state index is 0.107. The molecular weight excluding hydrogens is 480 g/mol. The summed E-state index contributed by atoms with van der Waals surface area (Å²) in [5, 5.41) is 3.89. The lowest BCUT2D eigenvalue weighted by atomic mass is 9.85. The van der Waals surface area contributed by atoms with Crippen molar-refractivity contribution < 1.29 is 9.59 Å². The third-order valence-corrected chi connectivity index (χ3v) is 7.27. The number of Topliss-reactive ketones (excluding diaryl/α,β-unsaturated/α-hetero) is 1. The average Bonchev–Trinajstić information content (AvgIpc) is 2.99. The molecule has 8 heteroatoms. The van der Waals surface area contributed by atoms with E-state index < -0.39 is 29.4 Å². The third-order valence-electron chi connectivity index (χ3n) is 6.65. The number of rotatable bonds is 6. The van der Waals surface area contributed by atoms with Crippen molar-refractivity contribution in [1.82, 2.24) is 5.32 Å². The molecule has 0 spiro atoms. The van der Waals surface area contributed by atoms with Gasteiger partial charge in [-0.15, -0.1) is 0 Å². The number of nitrogens with zero attached hydrogens (tertiary/aromatic N) is 2. The number of amides is 1. The van der Waals surface area contributed by atoms with Crippen molar-refractivity contribution in [1.29, 1.82) is 0 Å². The number of hydrogen-bond donors (Lipinski definition) is 3. The Morgan fingerprint density at radius 3 is 2.63 bits per heavy atom. The van der Waals surface area contributed by atoms with Gasteiger partial charge in [-0.05, 0) is 44.7 Å². The first kappa shape index (κ1) is 25.4. The first-order valence-corrected chi connectivity index (χ1v) is 12.5. The fourth-order valence-corrected chi connectivity index (χ4v) is 5.10. The minimum Gasteiger partial charge on any atom is -0.321 e. The molecule has 4 rings (SSSR count). The number of nitrogens with two attached hydrogens (primary N) is 1. The van der Waals surface area contributed by atoms with Gasteiger partial charge in [0.15, 0.2) is 11.8 Å². The molecule has 35 heavy (non-hydrogen) atoms. The number of thiol groups is 1. The summed E-state index contributed by atoms with van der Waals surface area (Å²) in [6, 6.07) is 12.6. The Kier molecular flexibility index (Phi) is 7.33. The highest BCUT2D eigenvalue weighted by Gasteiger charge is 2.48. The van der Waals surface area contributed by atoms with Crippen LogP contribution in [-0.4, -0.2) is 47.9 Å². The molecule has 0 aromatic heterocycles. The van der Waals surface area contributed by atoms with Crippen molar-refractivity contribution >= 4 is 47.3 Å². The number of hydrogen-bond acceptors (Lipinski definition) is 6. The van der Waals surface area contributed by atoms with Gasteiger partial charge in [-0.25, -0.2) is 0 Å². The Balaban J connectivity index is 2.04. The summed E-state index contributed by atoms with van der Waals surface area (Å²) >= 11 is 10.7. The lowest BCUT2D eigenvalue weighted by Crippen LogP contribution is -2.64. The first-order valence-electron chi connectivity index (χ1n) is 11.4. The molecule has 3 atom stereocenters. The van der Waals surface area contributed by atoms with Crippen molar-refractivity contribution in [2.24, 2.45) is 10.7 Å². The van der Waals surface area contributed by atoms with E-state index in [1.807, 2.05) is 69.4 Å². The fraction of sp³-hybridized carbons (Fsp3) is 0.296. The van der Waals surface area contributed by atoms with Crippen LogP contribution in [-0.2, 0) is 9.59 Å². The molecule has 1 aliphatic heterocycles. The molecule has 0 saturated heterocycles. The van der Waals surface area contributed by atoms with E-state index in [1.165, 1.54) is 0 Å². The monoisotopic (exact) mass is 508 g/mol. The van der Waals surface area contributed by atoms with E-state index in [9.17, 15) is 9.59 Å². The number of fused-ring (bicyclic) bond motifs is 1. The lowest BCUT2D eigenvalue weighted by molar-refractivity contribution is -0.129. The molecule has 2 aliphatic rings. The molecule has 2 aromatic carbocycles. The molecule has 6 nitrogen and oxygen atoms in total. The largest absolute Gasteiger partial charge is 0.321 e. The van der Waals surface area contributed by atoms with Crippen molar-refractivity contribution in [2.45, 2.75) is 38.0 Å². The maximum atomic E-state index is 14.3. The second-order valence-electron chi connectivity index (χ2n) is 8.92. The van der Waals surface area contributed by atoms with Crippen LogP contribution in [0.1, 0.15) is 31.4 Å². The third kappa shape index (κ3) is 4.49. The van der Waals surface area contributed by atoms with E-state index in [0.717, 1.165) is 16.7 Å². The maximum absolute atomic E-state index is 14.3. The summed E-state index contributed by atoms with van der Waals surface area (Å²) < 4.78 is 0. The van der Waals surface area contributed by atoms with Gasteiger partial charge in [-0.3, -0.25) is 24.8 Å². The first-order chi connectivity index (χ1) is 16.7. The summed E-state index contributed by atoms with van der Waals surface area (Å²) in [5.41, 5.74) is 9.79. The van der Waals surface area contributed by atoms with Gasteiger partial charge < -0.3 is 5.73 Å². The number of benzodiazepines with no additional fused rings is 1. The zero-order valence-corrected chi connectivity index (χ0v) is 21.6. The Hall–Kier alpha value is -2.71. The van der Waals surface area contributed by atoms with Gasteiger partial charge >= 0.3 is 0 Å². The van der Waals surface area contributed by atoms with Gasteiger partial charge in [-0.2, -0.15) is 12.6 Å². The zero-order chi connectivity index (χ0) is 25.3. The number of nitrogens with one attached hydrogen (secondary N) is 1. The highest BCUT2D eigenvalue weighted by molar-refractivity contribution is 7.80. The maximum Gasteiger partial charge on any atom is 0.261 e. The van der Waals surface area contributed by atoms with E-state index in [0.29, 0.717) is 28.4 Å². The molecule has 1 heterocycles. The molecular formula is C27H29ClN4O2S. The van der Waals surface area contributed by atoms with Crippen LogP contribution in [0.15, 0.2) is 76.8 Å². The molecule has 3 N–H and O–H groups in total. The van der Waals surface area contributed by atoms with E-state index in [2.05, 4.69) is 17.9 Å². The molecule has 0 bridgehead atoms. The predicted molar refractivity (Wildman–Crippen MR) is 146 cm³/mol. The van der Waals surface area contributed by atoms with Crippen molar-refractivity contribution in [3.63, 3.8) is 0 Å². The Bertz CT molecular complexity index is 1260. The number of benzene rings is 2. The molecule has 0 radical (unpaired) electrons. The van der Waals surface area contributed by atoms with Crippen LogP contribution in [0.25, 0.3) is 0 Å².